The molecule has 0 bridgehead atoms. The minimum atomic E-state index is -0.763. The van der Waals surface area contributed by atoms with Gasteiger partial charge in [0, 0.05) is 18.8 Å². The molecule has 0 heterocycles. The molecule has 3 N–H and O–H groups in total. The maximum absolute atomic E-state index is 10.5. The van der Waals surface area contributed by atoms with Crippen molar-refractivity contribution in [2.75, 3.05) is 0 Å². The minimum Gasteiger partial charge on any atom is -0.481 e. The van der Waals surface area contributed by atoms with Crippen LogP contribution in [0.4, 0.5) is 0 Å². The molecule has 0 aromatic rings. The van der Waals surface area contributed by atoms with E-state index in [9.17, 15) is 15.0 Å². The number of rotatable bonds is 12. The van der Waals surface area contributed by atoms with Crippen LogP contribution in [0.3, 0.4) is 0 Å². The Bertz CT molecular complexity index is 430. The van der Waals surface area contributed by atoms with Crippen molar-refractivity contribution < 1.29 is 20.1 Å². The van der Waals surface area contributed by atoms with Crippen LogP contribution in [0.15, 0.2) is 24.3 Å². The molecule has 1 rings (SSSR count). The van der Waals surface area contributed by atoms with Crippen LogP contribution in [0.2, 0.25) is 0 Å². The molecule has 0 aliphatic heterocycles. The summed E-state index contributed by atoms with van der Waals surface area (Å²) in [6.45, 7) is 4.41. The molecule has 1 saturated carbocycles. The van der Waals surface area contributed by atoms with E-state index in [-0.39, 0.29) is 18.3 Å². The second kappa shape index (κ2) is 12.3. The molecular weight excluding hydrogens is 316 g/mol. The van der Waals surface area contributed by atoms with Crippen LogP contribution < -0.4 is 0 Å². The van der Waals surface area contributed by atoms with E-state index in [2.05, 4.69) is 26.0 Å². The van der Waals surface area contributed by atoms with E-state index in [1.807, 2.05) is 12.2 Å². The van der Waals surface area contributed by atoms with Gasteiger partial charge in [-0.15, -0.1) is 0 Å². The second-order valence-electron chi connectivity index (χ2n) is 7.46. The second-order valence-corrected chi connectivity index (χ2v) is 7.46. The van der Waals surface area contributed by atoms with Gasteiger partial charge in [-0.1, -0.05) is 57.4 Å². The Balaban J connectivity index is 2.46. The topological polar surface area (TPSA) is 77.8 Å². The highest BCUT2D eigenvalue weighted by Gasteiger charge is 2.39. The number of unbranched alkanes of at least 4 members (excludes halogenated alkanes) is 3. The zero-order chi connectivity index (χ0) is 18.7. The average molecular weight is 353 g/mol. The number of hydrogen-bond acceptors (Lipinski definition) is 3. The lowest BCUT2D eigenvalue weighted by molar-refractivity contribution is -0.137. The number of carboxylic acid groups (broad SMARTS) is 1. The van der Waals surface area contributed by atoms with Gasteiger partial charge in [0.05, 0.1) is 12.2 Å². The van der Waals surface area contributed by atoms with Crippen molar-refractivity contribution in [3.05, 3.63) is 24.3 Å². The molecule has 0 saturated heterocycles. The Morgan fingerprint density at radius 1 is 1.16 bits per heavy atom. The van der Waals surface area contributed by atoms with E-state index in [0.717, 1.165) is 12.8 Å². The summed E-state index contributed by atoms with van der Waals surface area (Å²) in [5.41, 5.74) is 0. The van der Waals surface area contributed by atoms with Crippen molar-refractivity contribution in [1.29, 1.82) is 0 Å². The molecule has 1 unspecified atom stereocenters. The number of aliphatic hydroxyl groups excluding tert-OH is 2. The van der Waals surface area contributed by atoms with Crippen molar-refractivity contribution in [3.63, 3.8) is 0 Å². The highest BCUT2D eigenvalue weighted by atomic mass is 16.4. The van der Waals surface area contributed by atoms with Crippen LogP contribution in [0.25, 0.3) is 0 Å². The van der Waals surface area contributed by atoms with Crippen molar-refractivity contribution >= 4 is 5.97 Å². The molecule has 4 nitrogen and oxygen atoms in total. The van der Waals surface area contributed by atoms with E-state index < -0.39 is 18.2 Å². The largest absolute Gasteiger partial charge is 0.481 e. The van der Waals surface area contributed by atoms with Crippen LogP contribution >= 0.6 is 0 Å². The van der Waals surface area contributed by atoms with Crippen LogP contribution in [0.5, 0.6) is 0 Å². The van der Waals surface area contributed by atoms with E-state index in [1.165, 1.54) is 25.7 Å². The number of aliphatic hydroxyl groups is 2. The molecule has 25 heavy (non-hydrogen) atoms. The molecule has 0 aromatic carbocycles. The van der Waals surface area contributed by atoms with Crippen LogP contribution in [0.1, 0.15) is 71.6 Å². The summed E-state index contributed by atoms with van der Waals surface area (Å²) in [5.74, 6) is -0.207. The highest BCUT2D eigenvalue weighted by molar-refractivity contribution is 5.66. The normalized spacial score (nSPS) is 28.2. The van der Waals surface area contributed by atoms with Gasteiger partial charge in [0.1, 0.15) is 0 Å². The van der Waals surface area contributed by atoms with Crippen molar-refractivity contribution in [2.45, 2.75) is 83.8 Å². The Morgan fingerprint density at radius 3 is 2.60 bits per heavy atom. The Hall–Kier alpha value is -1.13. The van der Waals surface area contributed by atoms with Crippen LogP contribution in [-0.2, 0) is 4.79 Å². The lowest BCUT2D eigenvalue weighted by Crippen LogP contribution is -2.20. The van der Waals surface area contributed by atoms with Gasteiger partial charge in [0.25, 0.3) is 0 Å². The van der Waals surface area contributed by atoms with Gasteiger partial charge in [-0.3, -0.25) is 4.79 Å². The summed E-state index contributed by atoms with van der Waals surface area (Å²) >= 11 is 0. The summed E-state index contributed by atoms with van der Waals surface area (Å²) in [6, 6.07) is 0. The summed E-state index contributed by atoms with van der Waals surface area (Å²) in [4.78, 5) is 10.5. The van der Waals surface area contributed by atoms with Crippen molar-refractivity contribution in [1.82, 2.24) is 0 Å². The third-order valence-electron chi connectivity index (χ3n) is 5.18. The molecule has 0 spiro atoms. The van der Waals surface area contributed by atoms with Crippen molar-refractivity contribution in [2.24, 2.45) is 17.8 Å². The fraction of sp³-hybridized carbons (Fsp3) is 0.762. The number of allylic oxidation sites excluding steroid dienone is 3. The summed E-state index contributed by atoms with van der Waals surface area (Å²) in [6.07, 6.45) is 15.0. The predicted molar refractivity (Wildman–Crippen MR) is 101 cm³/mol. The fourth-order valence-electron chi connectivity index (χ4n) is 3.58. The molecule has 0 radical (unpaired) electrons. The first-order valence-corrected chi connectivity index (χ1v) is 9.86. The summed E-state index contributed by atoms with van der Waals surface area (Å²) < 4.78 is 0. The molecule has 0 amide bonds. The standard InChI is InChI=1S/C21H36O4/c1-3-4-7-10-16(2)13-14-18-17(19(22)15-20(18)23)11-8-5-6-9-12-21(24)25/h5,8,13-14,16-20,22-23H,3-4,6-7,9-12,15H2,1-2H3,(H,24,25)/b8-5+,14-13+/t16?,17-,18-,19+,20-/m1/s1. The van der Waals surface area contributed by atoms with Gasteiger partial charge in [-0.05, 0) is 37.5 Å². The molecule has 1 aliphatic carbocycles. The third-order valence-corrected chi connectivity index (χ3v) is 5.18. The van der Waals surface area contributed by atoms with Gasteiger partial charge in [0.2, 0.25) is 0 Å². The maximum Gasteiger partial charge on any atom is 0.303 e. The molecule has 1 aliphatic rings. The number of hydrogen-bond donors (Lipinski definition) is 3. The number of carbonyl (C=O) groups is 1. The number of carboxylic acids is 1. The zero-order valence-corrected chi connectivity index (χ0v) is 15.8. The molecule has 1 fully saturated rings. The lowest BCUT2D eigenvalue weighted by atomic mass is 9.88. The first-order chi connectivity index (χ1) is 12.0. The minimum absolute atomic E-state index is 0.00675. The SMILES string of the molecule is CCCCCC(C)/C=C/[C@@H]1[C@@H](C/C=C/CCCC(=O)O)[C@@H](O)C[C@H]1O. The lowest BCUT2D eigenvalue weighted by Gasteiger charge is -2.19. The van der Waals surface area contributed by atoms with Gasteiger partial charge >= 0.3 is 5.97 Å². The third kappa shape index (κ3) is 8.68. The summed E-state index contributed by atoms with van der Waals surface area (Å²) in [7, 11) is 0. The van der Waals surface area contributed by atoms with E-state index in [4.69, 9.17) is 5.11 Å². The van der Waals surface area contributed by atoms with Gasteiger partial charge in [-0.25, -0.2) is 0 Å². The van der Waals surface area contributed by atoms with Gasteiger partial charge in [0.15, 0.2) is 0 Å². The highest BCUT2D eigenvalue weighted by Crippen LogP contribution is 2.36. The fourth-order valence-corrected chi connectivity index (χ4v) is 3.58. The zero-order valence-electron chi connectivity index (χ0n) is 15.8. The van der Waals surface area contributed by atoms with Gasteiger partial charge < -0.3 is 15.3 Å². The number of aliphatic carboxylic acids is 1. The first kappa shape index (κ1) is 21.9. The van der Waals surface area contributed by atoms with Crippen LogP contribution in [0, 0.1) is 17.8 Å². The molecular formula is C21H36O4. The average Bonchev–Trinajstić information content (AvgIpc) is 2.82. The van der Waals surface area contributed by atoms with E-state index in [1.54, 1.807) is 0 Å². The predicted octanol–water partition coefficient (Wildman–Crippen LogP) is 4.32. The molecule has 4 heteroatoms. The quantitative estimate of drug-likeness (QED) is 0.361. The first-order valence-electron chi connectivity index (χ1n) is 9.86. The summed E-state index contributed by atoms with van der Waals surface area (Å²) in [5, 5.41) is 29.1. The monoisotopic (exact) mass is 352 g/mol. The Labute approximate surface area is 152 Å². The Morgan fingerprint density at radius 2 is 1.92 bits per heavy atom. The molecule has 144 valence electrons. The van der Waals surface area contributed by atoms with Crippen molar-refractivity contribution in [3.8, 4) is 0 Å². The van der Waals surface area contributed by atoms with Gasteiger partial charge in [-0.2, -0.15) is 0 Å². The van der Waals surface area contributed by atoms with Crippen LogP contribution in [-0.4, -0.2) is 33.5 Å². The van der Waals surface area contributed by atoms with E-state index in [0.29, 0.717) is 18.8 Å². The smallest absolute Gasteiger partial charge is 0.303 e. The van der Waals surface area contributed by atoms with E-state index >= 15 is 0 Å². The maximum atomic E-state index is 10.5. The Kier molecular flexibility index (Phi) is 10.7. The molecule has 5 atom stereocenters. The molecule has 0 aromatic heterocycles.